The highest BCUT2D eigenvalue weighted by Gasteiger charge is 2.16. The molecule has 0 unspecified atom stereocenters. The van der Waals surface area contributed by atoms with Crippen molar-refractivity contribution >= 4 is 8.60 Å². The minimum atomic E-state index is -2.62. The lowest BCUT2D eigenvalue weighted by Crippen LogP contribution is -2.24. The molecule has 0 fully saturated rings. The predicted octanol–water partition coefficient (Wildman–Crippen LogP) is 1.45. The van der Waals surface area contributed by atoms with E-state index >= 15 is 0 Å². The fraction of sp³-hybridized carbons (Fsp3) is 0.538. The Morgan fingerprint density at radius 3 is 2.11 bits per heavy atom. The smallest absolute Gasteiger partial charge is 0.324 e. The molecule has 0 amide bonds. The summed E-state index contributed by atoms with van der Waals surface area (Å²) >= 11 is 0. The lowest BCUT2D eigenvalue weighted by molar-refractivity contribution is 0.0294. The van der Waals surface area contributed by atoms with Crippen LogP contribution >= 0.6 is 8.60 Å². The zero-order valence-electron chi connectivity index (χ0n) is 11.4. The third kappa shape index (κ3) is 12.2. The van der Waals surface area contributed by atoms with Crippen LogP contribution in [0.4, 0.5) is 0 Å². The fourth-order valence-electron chi connectivity index (χ4n) is 1.23. The van der Waals surface area contributed by atoms with E-state index < -0.39 is 8.60 Å². The Bertz CT molecular complexity index is 313. The second-order valence-electron chi connectivity index (χ2n) is 4.88. The first-order valence-electron chi connectivity index (χ1n) is 5.96. The molecule has 0 saturated carbocycles. The third-order valence-corrected chi connectivity index (χ3v) is 2.30. The molecule has 0 aliphatic heterocycles. The molecular weight excluding hydrogens is 267 g/mol. The molecular formula is C13H23O5P. The van der Waals surface area contributed by atoms with Crippen LogP contribution in [-0.4, -0.2) is 39.6 Å². The van der Waals surface area contributed by atoms with E-state index in [-0.39, 0.29) is 12.0 Å². The van der Waals surface area contributed by atoms with Gasteiger partial charge in [0.1, 0.15) is 0 Å². The Kier molecular flexibility index (Phi) is 9.97. The second kappa shape index (κ2) is 10.3. The van der Waals surface area contributed by atoms with Gasteiger partial charge in [-0.25, -0.2) is 0 Å². The highest BCUT2D eigenvalue weighted by atomic mass is 31.2. The number of hydrogen-bond donors (Lipinski definition) is 4. The molecule has 0 heterocycles. The van der Waals surface area contributed by atoms with Gasteiger partial charge in [0.25, 0.3) is 0 Å². The summed E-state index contributed by atoms with van der Waals surface area (Å²) in [6, 6.07) is 10.3. The lowest BCUT2D eigenvalue weighted by atomic mass is 9.97. The van der Waals surface area contributed by atoms with Crippen molar-refractivity contribution in [2.75, 3.05) is 19.8 Å². The Balaban J connectivity index is 0.000000711. The number of aliphatic hydroxyl groups is 1. The van der Waals surface area contributed by atoms with E-state index in [0.717, 1.165) is 6.42 Å². The monoisotopic (exact) mass is 290 g/mol. The molecule has 0 aromatic heterocycles. The summed E-state index contributed by atoms with van der Waals surface area (Å²) in [6.45, 7) is 5.48. The minimum Gasteiger partial charge on any atom is -0.396 e. The zero-order valence-corrected chi connectivity index (χ0v) is 12.3. The van der Waals surface area contributed by atoms with Crippen molar-refractivity contribution in [3.8, 4) is 0 Å². The van der Waals surface area contributed by atoms with Crippen LogP contribution in [0.2, 0.25) is 0 Å². The molecule has 1 aromatic rings. The number of hydrogen-bond acceptors (Lipinski definition) is 5. The van der Waals surface area contributed by atoms with Gasteiger partial charge in [-0.1, -0.05) is 44.2 Å². The number of rotatable bonds is 6. The molecule has 1 aromatic carbocycles. The van der Waals surface area contributed by atoms with Crippen molar-refractivity contribution in [1.29, 1.82) is 0 Å². The molecule has 5 nitrogen and oxygen atoms in total. The Labute approximate surface area is 115 Å². The summed E-state index contributed by atoms with van der Waals surface area (Å²) in [5.41, 5.74) is 1.16. The van der Waals surface area contributed by atoms with E-state index in [9.17, 15) is 0 Å². The maximum absolute atomic E-state index is 9.03. The molecule has 1 rings (SSSR count). The Morgan fingerprint density at radius 2 is 1.63 bits per heavy atom. The summed E-state index contributed by atoms with van der Waals surface area (Å²) in [5.74, 6) is 0. The normalized spacial score (nSPS) is 11.1. The lowest BCUT2D eigenvalue weighted by Gasteiger charge is -2.21. The first-order chi connectivity index (χ1) is 8.87. The van der Waals surface area contributed by atoms with Gasteiger partial charge in [0.05, 0.1) is 19.8 Å². The zero-order chi connectivity index (χ0) is 14.7. The molecule has 110 valence electrons. The van der Waals surface area contributed by atoms with Crippen LogP contribution in [0.3, 0.4) is 0 Å². The largest absolute Gasteiger partial charge is 0.396 e. The van der Waals surface area contributed by atoms with Crippen LogP contribution in [0.25, 0.3) is 0 Å². The molecule has 0 bridgehead atoms. The molecule has 6 heteroatoms. The van der Waals surface area contributed by atoms with E-state index in [0.29, 0.717) is 13.2 Å². The van der Waals surface area contributed by atoms with Crippen LogP contribution in [0, 0.1) is 5.41 Å². The number of benzene rings is 1. The van der Waals surface area contributed by atoms with E-state index in [1.165, 1.54) is 5.56 Å². The predicted molar refractivity (Wildman–Crippen MR) is 75.4 cm³/mol. The van der Waals surface area contributed by atoms with Crippen molar-refractivity contribution in [1.82, 2.24) is 0 Å². The third-order valence-electron chi connectivity index (χ3n) is 2.30. The first-order valence-corrected chi connectivity index (χ1v) is 7.16. The van der Waals surface area contributed by atoms with E-state index in [2.05, 4.69) is 12.1 Å². The Morgan fingerprint density at radius 1 is 1.11 bits per heavy atom. The van der Waals surface area contributed by atoms with E-state index in [4.69, 9.17) is 24.5 Å². The van der Waals surface area contributed by atoms with Gasteiger partial charge in [0, 0.05) is 5.41 Å². The molecule has 4 N–H and O–H groups in total. The topological polar surface area (TPSA) is 90.2 Å². The van der Waals surface area contributed by atoms with Crippen LogP contribution < -0.4 is 0 Å². The van der Waals surface area contributed by atoms with Gasteiger partial charge < -0.3 is 24.5 Å². The van der Waals surface area contributed by atoms with Crippen LogP contribution in [-0.2, 0) is 11.2 Å². The summed E-state index contributed by atoms with van der Waals surface area (Å²) in [6.07, 6.45) is 0.933. The average Bonchev–Trinajstić information content (AvgIpc) is 2.35. The van der Waals surface area contributed by atoms with Crippen molar-refractivity contribution in [3.05, 3.63) is 35.9 Å². The van der Waals surface area contributed by atoms with E-state index in [1.807, 2.05) is 32.0 Å². The van der Waals surface area contributed by atoms with Crippen LogP contribution in [0.15, 0.2) is 30.3 Å². The quantitative estimate of drug-likeness (QED) is 0.470. The number of aliphatic hydroxyl groups excluding tert-OH is 1. The van der Waals surface area contributed by atoms with Gasteiger partial charge in [-0.05, 0) is 12.0 Å². The standard InChI is InChI=1S/C13H20O2.H3O3P/c1-13(2,10-14)11-15-9-8-12-6-4-3-5-7-12;1-4(2)3/h3-7,14H,8-11H2,1-2H3;1-3H. The Hall–Kier alpha value is -0.550. The average molecular weight is 290 g/mol. The fourth-order valence-corrected chi connectivity index (χ4v) is 1.23. The van der Waals surface area contributed by atoms with E-state index in [1.54, 1.807) is 0 Å². The van der Waals surface area contributed by atoms with Gasteiger partial charge in [0.2, 0.25) is 0 Å². The van der Waals surface area contributed by atoms with Crippen LogP contribution in [0.1, 0.15) is 19.4 Å². The maximum atomic E-state index is 9.03. The summed E-state index contributed by atoms with van der Waals surface area (Å²) in [5, 5.41) is 9.03. The molecule has 0 saturated heterocycles. The van der Waals surface area contributed by atoms with Gasteiger partial charge in [-0.15, -0.1) is 0 Å². The van der Waals surface area contributed by atoms with Crippen molar-refractivity contribution < 1.29 is 24.5 Å². The molecule has 0 aliphatic rings. The summed E-state index contributed by atoms with van der Waals surface area (Å²) < 4.78 is 5.53. The summed E-state index contributed by atoms with van der Waals surface area (Å²) in [4.78, 5) is 21.7. The second-order valence-corrected chi connectivity index (χ2v) is 5.42. The minimum absolute atomic E-state index is 0.128. The first kappa shape index (κ1) is 18.4. The molecule has 19 heavy (non-hydrogen) atoms. The van der Waals surface area contributed by atoms with Gasteiger partial charge in [-0.3, -0.25) is 0 Å². The molecule has 0 aliphatic carbocycles. The van der Waals surface area contributed by atoms with Crippen molar-refractivity contribution in [2.24, 2.45) is 5.41 Å². The number of ether oxygens (including phenoxy) is 1. The van der Waals surface area contributed by atoms with Crippen molar-refractivity contribution in [2.45, 2.75) is 20.3 Å². The highest BCUT2D eigenvalue weighted by Crippen LogP contribution is 2.13. The SMILES string of the molecule is CC(C)(CO)COCCc1ccccc1.OP(O)O. The summed E-state index contributed by atoms with van der Waals surface area (Å²) in [7, 11) is -2.62. The van der Waals surface area contributed by atoms with Gasteiger partial charge >= 0.3 is 8.60 Å². The van der Waals surface area contributed by atoms with Crippen molar-refractivity contribution in [3.63, 3.8) is 0 Å². The highest BCUT2D eigenvalue weighted by molar-refractivity contribution is 7.38. The van der Waals surface area contributed by atoms with Crippen LogP contribution in [0.5, 0.6) is 0 Å². The maximum Gasteiger partial charge on any atom is 0.324 e. The molecule has 0 atom stereocenters. The van der Waals surface area contributed by atoms with Gasteiger partial charge in [0.15, 0.2) is 0 Å². The molecule has 0 spiro atoms. The van der Waals surface area contributed by atoms with Gasteiger partial charge in [-0.2, -0.15) is 0 Å². The molecule has 0 radical (unpaired) electrons.